The van der Waals surface area contributed by atoms with Crippen LogP contribution >= 0.6 is 0 Å². The molecule has 0 unspecified atom stereocenters. The van der Waals surface area contributed by atoms with E-state index in [9.17, 15) is 5.11 Å². The van der Waals surface area contributed by atoms with Gasteiger partial charge >= 0.3 is 0 Å². The van der Waals surface area contributed by atoms with Crippen molar-refractivity contribution in [3.63, 3.8) is 0 Å². The zero-order valence-electron chi connectivity index (χ0n) is 14.1. The number of aliphatic hydroxyl groups is 1. The van der Waals surface area contributed by atoms with E-state index < -0.39 is 5.60 Å². The highest BCUT2D eigenvalue weighted by Crippen LogP contribution is 2.49. The van der Waals surface area contributed by atoms with Crippen molar-refractivity contribution in [1.82, 2.24) is 0 Å². The summed E-state index contributed by atoms with van der Waals surface area (Å²) >= 11 is 0. The SMILES string of the molecule is COc1ccc2ccccc2c1[C@]1(O)c2ccccc2CC[C@H]1C. The van der Waals surface area contributed by atoms with E-state index in [1.807, 2.05) is 24.3 Å². The predicted octanol–water partition coefficient (Wildman–Crippen LogP) is 4.67. The Hall–Kier alpha value is -2.32. The molecule has 3 aromatic carbocycles. The Kier molecular flexibility index (Phi) is 3.58. The third-order valence-corrected chi connectivity index (χ3v) is 5.48. The summed E-state index contributed by atoms with van der Waals surface area (Å²) in [7, 11) is 1.68. The average Bonchev–Trinajstić information content (AvgIpc) is 2.64. The van der Waals surface area contributed by atoms with Crippen molar-refractivity contribution in [3.05, 3.63) is 77.4 Å². The molecule has 0 bridgehead atoms. The summed E-state index contributed by atoms with van der Waals surface area (Å²) in [5.41, 5.74) is 2.09. The van der Waals surface area contributed by atoms with E-state index in [0.717, 1.165) is 40.5 Å². The fourth-order valence-corrected chi connectivity index (χ4v) is 4.15. The molecule has 0 saturated heterocycles. The fourth-order valence-electron chi connectivity index (χ4n) is 4.15. The van der Waals surface area contributed by atoms with Gasteiger partial charge in [0.1, 0.15) is 11.4 Å². The molecule has 2 nitrogen and oxygen atoms in total. The molecule has 1 aliphatic carbocycles. The molecule has 0 heterocycles. The van der Waals surface area contributed by atoms with Gasteiger partial charge in [0.15, 0.2) is 0 Å². The first-order chi connectivity index (χ1) is 11.7. The van der Waals surface area contributed by atoms with Gasteiger partial charge in [-0.3, -0.25) is 0 Å². The summed E-state index contributed by atoms with van der Waals surface area (Å²) in [5, 5.41) is 14.2. The Morgan fingerprint density at radius 1 is 1.00 bits per heavy atom. The molecule has 0 aliphatic heterocycles. The molecular weight excluding hydrogens is 296 g/mol. The number of hydrogen-bond donors (Lipinski definition) is 1. The van der Waals surface area contributed by atoms with Gasteiger partial charge in [0.05, 0.1) is 7.11 Å². The average molecular weight is 318 g/mol. The minimum Gasteiger partial charge on any atom is -0.496 e. The molecule has 0 fully saturated rings. The zero-order chi connectivity index (χ0) is 16.7. The van der Waals surface area contributed by atoms with Crippen LogP contribution in [0.25, 0.3) is 10.8 Å². The first-order valence-electron chi connectivity index (χ1n) is 8.53. The van der Waals surface area contributed by atoms with E-state index >= 15 is 0 Å². The van der Waals surface area contributed by atoms with Crippen molar-refractivity contribution < 1.29 is 9.84 Å². The van der Waals surface area contributed by atoms with E-state index in [-0.39, 0.29) is 5.92 Å². The summed E-state index contributed by atoms with van der Waals surface area (Å²) in [6.45, 7) is 2.14. The summed E-state index contributed by atoms with van der Waals surface area (Å²) in [4.78, 5) is 0. The third kappa shape index (κ3) is 2.06. The Balaban J connectivity index is 2.10. The summed E-state index contributed by atoms with van der Waals surface area (Å²) < 4.78 is 5.68. The molecule has 2 heteroatoms. The van der Waals surface area contributed by atoms with E-state index in [1.54, 1.807) is 7.11 Å². The van der Waals surface area contributed by atoms with Gasteiger partial charge in [-0.1, -0.05) is 61.5 Å². The smallest absolute Gasteiger partial charge is 0.125 e. The van der Waals surface area contributed by atoms with E-state index in [4.69, 9.17) is 4.74 Å². The summed E-state index contributed by atoms with van der Waals surface area (Å²) in [5.74, 6) is 0.867. The number of ether oxygens (including phenoxy) is 1. The molecule has 0 spiro atoms. The number of hydrogen-bond acceptors (Lipinski definition) is 2. The van der Waals surface area contributed by atoms with Gasteiger partial charge in [0.25, 0.3) is 0 Å². The molecule has 0 amide bonds. The number of methoxy groups -OCH3 is 1. The van der Waals surface area contributed by atoms with Crippen LogP contribution in [-0.4, -0.2) is 12.2 Å². The van der Waals surface area contributed by atoms with Crippen molar-refractivity contribution in [2.75, 3.05) is 7.11 Å². The Morgan fingerprint density at radius 2 is 1.75 bits per heavy atom. The van der Waals surface area contributed by atoms with Crippen LogP contribution in [0.1, 0.15) is 30.0 Å². The van der Waals surface area contributed by atoms with E-state index in [1.165, 1.54) is 5.56 Å². The second-order valence-electron chi connectivity index (χ2n) is 6.73. The Bertz CT molecular complexity index is 899. The molecule has 4 rings (SSSR count). The van der Waals surface area contributed by atoms with Crippen LogP contribution in [0.5, 0.6) is 5.75 Å². The Labute approximate surface area is 142 Å². The number of benzene rings is 3. The van der Waals surface area contributed by atoms with E-state index in [2.05, 4.69) is 43.3 Å². The predicted molar refractivity (Wildman–Crippen MR) is 97.4 cm³/mol. The first kappa shape index (κ1) is 15.2. The summed E-state index contributed by atoms with van der Waals surface area (Å²) in [6, 6.07) is 20.5. The van der Waals surface area contributed by atoms with Gasteiger partial charge in [0.2, 0.25) is 0 Å². The lowest BCUT2D eigenvalue weighted by Gasteiger charge is -2.41. The molecule has 0 aromatic heterocycles. The van der Waals surface area contributed by atoms with Crippen molar-refractivity contribution in [2.45, 2.75) is 25.4 Å². The molecule has 24 heavy (non-hydrogen) atoms. The molecule has 1 N–H and O–H groups in total. The van der Waals surface area contributed by atoms with Gasteiger partial charge < -0.3 is 9.84 Å². The minimum atomic E-state index is -1.04. The summed E-state index contributed by atoms with van der Waals surface area (Å²) in [6.07, 6.45) is 1.96. The second-order valence-corrected chi connectivity index (χ2v) is 6.73. The highest BCUT2D eigenvalue weighted by molar-refractivity contribution is 5.89. The van der Waals surface area contributed by atoms with Crippen LogP contribution in [0.15, 0.2) is 60.7 Å². The lowest BCUT2D eigenvalue weighted by atomic mass is 9.68. The van der Waals surface area contributed by atoms with Gasteiger partial charge in [-0.2, -0.15) is 0 Å². The van der Waals surface area contributed by atoms with Crippen LogP contribution in [0.4, 0.5) is 0 Å². The zero-order valence-corrected chi connectivity index (χ0v) is 14.1. The molecule has 3 aromatic rings. The largest absolute Gasteiger partial charge is 0.496 e. The molecule has 122 valence electrons. The third-order valence-electron chi connectivity index (χ3n) is 5.48. The van der Waals surface area contributed by atoms with Gasteiger partial charge in [0, 0.05) is 5.56 Å². The maximum absolute atomic E-state index is 12.0. The van der Waals surface area contributed by atoms with Crippen LogP contribution in [0.3, 0.4) is 0 Å². The Morgan fingerprint density at radius 3 is 2.58 bits per heavy atom. The van der Waals surface area contributed by atoms with Crippen LogP contribution in [0, 0.1) is 5.92 Å². The maximum atomic E-state index is 12.0. The number of fused-ring (bicyclic) bond motifs is 2. The van der Waals surface area contributed by atoms with Gasteiger partial charge in [-0.25, -0.2) is 0 Å². The molecule has 1 aliphatic rings. The molecule has 0 saturated carbocycles. The van der Waals surface area contributed by atoms with E-state index in [0.29, 0.717) is 0 Å². The topological polar surface area (TPSA) is 29.5 Å². The highest BCUT2D eigenvalue weighted by atomic mass is 16.5. The van der Waals surface area contributed by atoms with Crippen LogP contribution in [-0.2, 0) is 12.0 Å². The van der Waals surface area contributed by atoms with Crippen LogP contribution < -0.4 is 4.74 Å². The lowest BCUT2D eigenvalue weighted by Crippen LogP contribution is -2.39. The first-order valence-corrected chi connectivity index (χ1v) is 8.53. The monoisotopic (exact) mass is 318 g/mol. The van der Waals surface area contributed by atoms with Crippen LogP contribution in [0.2, 0.25) is 0 Å². The maximum Gasteiger partial charge on any atom is 0.125 e. The minimum absolute atomic E-state index is 0.118. The fraction of sp³-hybridized carbons (Fsp3) is 0.273. The van der Waals surface area contributed by atoms with Crippen molar-refractivity contribution >= 4 is 10.8 Å². The highest BCUT2D eigenvalue weighted by Gasteiger charge is 2.44. The van der Waals surface area contributed by atoms with Gasteiger partial charge in [-0.05, 0) is 46.7 Å². The second kappa shape index (κ2) is 5.64. The van der Waals surface area contributed by atoms with Gasteiger partial charge in [-0.15, -0.1) is 0 Å². The normalized spacial score (nSPS) is 23.0. The standard InChI is InChI=1S/C22H22O2/c1-15-11-12-17-8-4-6-10-19(17)22(15,23)21-18-9-5-3-7-16(18)13-14-20(21)24-2/h3-10,13-15,23H,11-12H2,1-2H3/t15-,22-/m1/s1. The molecular formula is C22H22O2. The van der Waals surface area contributed by atoms with Crippen molar-refractivity contribution in [2.24, 2.45) is 5.92 Å². The van der Waals surface area contributed by atoms with Crippen molar-refractivity contribution in [3.8, 4) is 5.75 Å². The lowest BCUT2D eigenvalue weighted by molar-refractivity contribution is 0.0118. The number of aryl methyl sites for hydroxylation is 1. The molecule has 0 radical (unpaired) electrons. The van der Waals surface area contributed by atoms with Crippen molar-refractivity contribution in [1.29, 1.82) is 0 Å². The quantitative estimate of drug-likeness (QED) is 0.744. The molecule has 2 atom stereocenters. The number of rotatable bonds is 2.